The van der Waals surface area contributed by atoms with Gasteiger partial charge in [0.25, 0.3) is 0 Å². The Morgan fingerprint density at radius 2 is 2.11 bits per heavy atom. The summed E-state index contributed by atoms with van der Waals surface area (Å²) in [4.78, 5) is 11.3. The van der Waals surface area contributed by atoms with E-state index in [1.165, 1.54) is 25.3 Å². The Morgan fingerprint density at radius 3 is 2.67 bits per heavy atom. The van der Waals surface area contributed by atoms with Crippen molar-refractivity contribution >= 4 is 27.6 Å². The quantitative estimate of drug-likeness (QED) is 0.854. The molecule has 1 N–H and O–H groups in total. The van der Waals surface area contributed by atoms with Crippen molar-refractivity contribution in [2.45, 2.75) is 23.8 Å². The maximum atomic E-state index is 12.1. The van der Waals surface area contributed by atoms with Gasteiger partial charge in [-0.1, -0.05) is 17.7 Å². The lowest BCUT2D eigenvalue weighted by Crippen LogP contribution is -2.27. The standard InChI is InChI=1S/C11H12ClNO4S/c1-17-11(14)8-3-2-4-9(12)10(8)18(15,16)13-7-5-6-7/h2-4,7,13H,5-6H2,1H3. The third kappa shape index (κ3) is 2.66. The summed E-state index contributed by atoms with van der Waals surface area (Å²) < 4.78 is 31.3. The van der Waals surface area contributed by atoms with E-state index in [0.717, 1.165) is 12.8 Å². The van der Waals surface area contributed by atoms with E-state index in [9.17, 15) is 13.2 Å². The Morgan fingerprint density at radius 1 is 1.44 bits per heavy atom. The second kappa shape index (κ2) is 4.87. The number of nitrogens with one attached hydrogen (secondary N) is 1. The van der Waals surface area contributed by atoms with Gasteiger partial charge in [0.05, 0.1) is 17.7 Å². The summed E-state index contributed by atoms with van der Waals surface area (Å²) in [6, 6.07) is 4.25. The van der Waals surface area contributed by atoms with Gasteiger partial charge in [0.1, 0.15) is 4.90 Å². The number of hydrogen-bond donors (Lipinski definition) is 1. The molecule has 98 valence electrons. The molecular weight excluding hydrogens is 278 g/mol. The molecule has 18 heavy (non-hydrogen) atoms. The molecule has 2 rings (SSSR count). The average Bonchev–Trinajstić information content (AvgIpc) is 3.10. The van der Waals surface area contributed by atoms with Crippen molar-refractivity contribution in [3.8, 4) is 0 Å². The number of ether oxygens (including phenoxy) is 1. The van der Waals surface area contributed by atoms with Crippen molar-refractivity contribution in [2.24, 2.45) is 0 Å². The van der Waals surface area contributed by atoms with E-state index in [-0.39, 0.29) is 21.5 Å². The van der Waals surface area contributed by atoms with Crippen LogP contribution in [0.5, 0.6) is 0 Å². The number of rotatable bonds is 4. The molecule has 0 unspecified atom stereocenters. The normalized spacial score (nSPS) is 15.4. The van der Waals surface area contributed by atoms with Crippen LogP contribution < -0.4 is 4.72 Å². The smallest absolute Gasteiger partial charge is 0.339 e. The highest BCUT2D eigenvalue weighted by molar-refractivity contribution is 7.89. The minimum Gasteiger partial charge on any atom is -0.465 e. The Hall–Kier alpha value is -1.11. The molecule has 1 aliphatic carbocycles. The average molecular weight is 290 g/mol. The van der Waals surface area contributed by atoms with Crippen LogP contribution in [-0.4, -0.2) is 27.5 Å². The molecule has 1 saturated carbocycles. The molecule has 0 heterocycles. The number of halogens is 1. The van der Waals surface area contributed by atoms with Crippen LogP contribution in [0.3, 0.4) is 0 Å². The maximum Gasteiger partial charge on any atom is 0.339 e. The molecule has 5 nitrogen and oxygen atoms in total. The first kappa shape index (κ1) is 13.3. The SMILES string of the molecule is COC(=O)c1cccc(Cl)c1S(=O)(=O)NC1CC1. The third-order valence-electron chi connectivity index (χ3n) is 2.54. The fourth-order valence-electron chi connectivity index (χ4n) is 1.53. The molecule has 0 spiro atoms. The number of esters is 1. The van der Waals surface area contributed by atoms with Crippen LogP contribution in [0.4, 0.5) is 0 Å². The molecule has 1 fully saturated rings. The van der Waals surface area contributed by atoms with E-state index in [1.807, 2.05) is 0 Å². The number of benzene rings is 1. The van der Waals surface area contributed by atoms with Gasteiger partial charge in [-0.2, -0.15) is 0 Å². The number of methoxy groups -OCH3 is 1. The first-order valence-electron chi connectivity index (χ1n) is 5.35. The minimum absolute atomic E-state index is 0.00560. The highest BCUT2D eigenvalue weighted by atomic mass is 35.5. The lowest BCUT2D eigenvalue weighted by atomic mass is 10.2. The number of sulfonamides is 1. The number of hydrogen-bond acceptors (Lipinski definition) is 4. The van der Waals surface area contributed by atoms with Crippen LogP contribution in [-0.2, 0) is 14.8 Å². The van der Waals surface area contributed by atoms with Crippen molar-refractivity contribution < 1.29 is 17.9 Å². The summed E-state index contributed by atoms with van der Waals surface area (Å²) in [5, 5.41) is 0.00560. The molecule has 7 heteroatoms. The van der Waals surface area contributed by atoms with Crippen molar-refractivity contribution in [3.05, 3.63) is 28.8 Å². The van der Waals surface area contributed by atoms with Gasteiger partial charge in [-0.3, -0.25) is 0 Å². The summed E-state index contributed by atoms with van der Waals surface area (Å²) in [6.45, 7) is 0. The van der Waals surface area contributed by atoms with Gasteiger partial charge in [0.2, 0.25) is 10.0 Å². The van der Waals surface area contributed by atoms with Gasteiger partial charge in [-0.25, -0.2) is 17.9 Å². The molecular formula is C11H12ClNO4S. The maximum absolute atomic E-state index is 12.1. The molecule has 1 aliphatic rings. The van der Waals surface area contributed by atoms with Crippen LogP contribution >= 0.6 is 11.6 Å². The van der Waals surface area contributed by atoms with Crippen molar-refractivity contribution in [3.63, 3.8) is 0 Å². The zero-order valence-corrected chi connectivity index (χ0v) is 11.2. The second-order valence-electron chi connectivity index (χ2n) is 4.00. The molecule has 0 bridgehead atoms. The predicted octanol–water partition coefficient (Wildman–Crippen LogP) is 1.57. The van der Waals surface area contributed by atoms with Crippen LogP contribution in [0, 0.1) is 0 Å². The molecule has 0 atom stereocenters. The third-order valence-corrected chi connectivity index (χ3v) is 4.59. The highest BCUT2D eigenvalue weighted by Crippen LogP contribution is 2.28. The molecule has 0 radical (unpaired) electrons. The predicted molar refractivity (Wildman–Crippen MR) is 66.1 cm³/mol. The summed E-state index contributed by atoms with van der Waals surface area (Å²) in [6.07, 6.45) is 1.61. The zero-order chi connectivity index (χ0) is 13.3. The van der Waals surface area contributed by atoms with Crippen LogP contribution in [0.2, 0.25) is 5.02 Å². The Balaban J connectivity index is 2.50. The summed E-state index contributed by atoms with van der Waals surface area (Å²) in [5.41, 5.74) is -0.0573. The first-order valence-corrected chi connectivity index (χ1v) is 7.21. The van der Waals surface area contributed by atoms with E-state index in [4.69, 9.17) is 11.6 Å². The lowest BCUT2D eigenvalue weighted by Gasteiger charge is -2.11. The van der Waals surface area contributed by atoms with Gasteiger partial charge in [0.15, 0.2) is 0 Å². The Kier molecular flexibility index (Phi) is 3.61. The van der Waals surface area contributed by atoms with Gasteiger partial charge >= 0.3 is 5.97 Å². The summed E-state index contributed by atoms with van der Waals surface area (Å²) in [5.74, 6) is -0.728. The van der Waals surface area contributed by atoms with E-state index in [1.54, 1.807) is 0 Å². The van der Waals surface area contributed by atoms with Gasteiger partial charge < -0.3 is 4.74 Å². The van der Waals surface area contributed by atoms with Gasteiger partial charge in [-0.05, 0) is 25.0 Å². The van der Waals surface area contributed by atoms with Crippen molar-refractivity contribution in [1.29, 1.82) is 0 Å². The van der Waals surface area contributed by atoms with Crippen LogP contribution in [0.1, 0.15) is 23.2 Å². The van der Waals surface area contributed by atoms with Gasteiger partial charge in [-0.15, -0.1) is 0 Å². The first-order chi connectivity index (χ1) is 8.45. The number of carbonyl (C=O) groups excluding carboxylic acids is 1. The molecule has 1 aromatic rings. The van der Waals surface area contributed by atoms with Gasteiger partial charge in [0, 0.05) is 6.04 Å². The fourth-order valence-corrected chi connectivity index (χ4v) is 3.57. The lowest BCUT2D eigenvalue weighted by molar-refractivity contribution is 0.0596. The molecule has 0 saturated heterocycles. The molecule has 0 aromatic heterocycles. The summed E-state index contributed by atoms with van der Waals surface area (Å²) >= 11 is 5.89. The Labute approximate surface area is 110 Å². The molecule has 1 aromatic carbocycles. The minimum atomic E-state index is -3.80. The van der Waals surface area contributed by atoms with E-state index >= 15 is 0 Å². The fraction of sp³-hybridized carbons (Fsp3) is 0.364. The monoisotopic (exact) mass is 289 g/mol. The van der Waals surface area contributed by atoms with Crippen molar-refractivity contribution in [1.82, 2.24) is 4.72 Å². The second-order valence-corrected chi connectivity index (χ2v) is 6.06. The number of carbonyl (C=O) groups is 1. The highest BCUT2D eigenvalue weighted by Gasteiger charge is 2.32. The van der Waals surface area contributed by atoms with Crippen molar-refractivity contribution in [2.75, 3.05) is 7.11 Å². The zero-order valence-electron chi connectivity index (χ0n) is 9.64. The summed E-state index contributed by atoms with van der Waals surface area (Å²) in [7, 11) is -2.61. The largest absolute Gasteiger partial charge is 0.465 e. The van der Waals surface area contributed by atoms with Crippen LogP contribution in [0.25, 0.3) is 0 Å². The topological polar surface area (TPSA) is 72.5 Å². The molecule has 0 aliphatic heterocycles. The molecule has 0 amide bonds. The van der Waals surface area contributed by atoms with E-state index in [2.05, 4.69) is 9.46 Å². The van der Waals surface area contributed by atoms with E-state index < -0.39 is 16.0 Å². The van der Waals surface area contributed by atoms with E-state index in [0.29, 0.717) is 0 Å². The van der Waals surface area contributed by atoms with Crippen LogP contribution in [0.15, 0.2) is 23.1 Å². The Bertz CT molecular complexity index is 581.